The fraction of sp³-hybridized carbons (Fsp3) is 0.364. The lowest BCUT2D eigenvalue weighted by Crippen LogP contribution is -2.05. The van der Waals surface area contributed by atoms with Gasteiger partial charge in [-0.25, -0.2) is 0 Å². The van der Waals surface area contributed by atoms with Gasteiger partial charge in [0.15, 0.2) is 11.6 Å². The van der Waals surface area contributed by atoms with E-state index in [9.17, 15) is 19.8 Å². The van der Waals surface area contributed by atoms with Gasteiger partial charge in [0, 0.05) is 23.1 Å². The fourth-order valence-corrected chi connectivity index (χ4v) is 2.90. The van der Waals surface area contributed by atoms with Crippen LogP contribution >= 0.6 is 0 Å². The normalized spacial score (nSPS) is 10.7. The van der Waals surface area contributed by atoms with Gasteiger partial charge in [-0.15, -0.1) is 0 Å². The summed E-state index contributed by atoms with van der Waals surface area (Å²) in [4.78, 5) is 24.8. The van der Waals surface area contributed by atoms with Crippen LogP contribution in [-0.2, 0) is 13.2 Å². The number of rotatable bonds is 10. The smallest absolute Gasteiger partial charge is 0.193 e. The van der Waals surface area contributed by atoms with E-state index in [-0.39, 0.29) is 24.8 Å². The Labute approximate surface area is 154 Å². The molecule has 138 valence electrons. The minimum Gasteiger partial charge on any atom is -0.392 e. The van der Waals surface area contributed by atoms with Gasteiger partial charge in [-0.1, -0.05) is 62.6 Å². The molecule has 0 amide bonds. The lowest BCUT2D eigenvalue weighted by molar-refractivity contribution is 0.0977. The number of benzene rings is 2. The fourth-order valence-electron chi connectivity index (χ4n) is 2.90. The average molecular weight is 354 g/mol. The number of Topliss-reactive ketones (excluding diaryl/α,β-unsaturated/α-hetero) is 1. The van der Waals surface area contributed by atoms with Crippen molar-refractivity contribution in [2.24, 2.45) is 0 Å². The van der Waals surface area contributed by atoms with Gasteiger partial charge in [0.1, 0.15) is 0 Å². The third-order valence-electron chi connectivity index (χ3n) is 4.54. The SMILES string of the molecule is CCCCCCC(=O)c1ccc(C(=O)c2ccc(CO)c(CO)c2)cc1. The van der Waals surface area contributed by atoms with Gasteiger partial charge in [0.05, 0.1) is 13.2 Å². The summed E-state index contributed by atoms with van der Waals surface area (Å²) < 4.78 is 0. The van der Waals surface area contributed by atoms with E-state index in [4.69, 9.17) is 0 Å². The van der Waals surface area contributed by atoms with Gasteiger partial charge >= 0.3 is 0 Å². The molecule has 2 aromatic rings. The van der Waals surface area contributed by atoms with E-state index in [0.29, 0.717) is 34.2 Å². The summed E-state index contributed by atoms with van der Waals surface area (Å²) >= 11 is 0. The summed E-state index contributed by atoms with van der Waals surface area (Å²) in [5.74, 6) is -0.0684. The summed E-state index contributed by atoms with van der Waals surface area (Å²) in [5.41, 5.74) is 2.72. The molecule has 0 aliphatic heterocycles. The van der Waals surface area contributed by atoms with E-state index < -0.39 is 0 Å². The Morgan fingerprint density at radius 2 is 1.38 bits per heavy atom. The summed E-state index contributed by atoms with van der Waals surface area (Å²) in [6, 6.07) is 11.6. The van der Waals surface area contributed by atoms with E-state index >= 15 is 0 Å². The molecule has 2 rings (SSSR count). The lowest BCUT2D eigenvalue weighted by atomic mass is 9.97. The quantitative estimate of drug-likeness (QED) is 0.498. The second-order valence-corrected chi connectivity index (χ2v) is 6.44. The van der Waals surface area contributed by atoms with E-state index in [0.717, 1.165) is 25.7 Å². The minimum atomic E-state index is -0.234. The molecule has 2 aromatic carbocycles. The Bertz CT molecular complexity index is 747. The van der Waals surface area contributed by atoms with Crippen LogP contribution in [0.15, 0.2) is 42.5 Å². The molecule has 4 nitrogen and oxygen atoms in total. The van der Waals surface area contributed by atoms with Gasteiger partial charge in [0.2, 0.25) is 0 Å². The van der Waals surface area contributed by atoms with Crippen LogP contribution in [0.1, 0.15) is 76.4 Å². The highest BCUT2D eigenvalue weighted by Crippen LogP contribution is 2.17. The highest BCUT2D eigenvalue weighted by Gasteiger charge is 2.13. The number of ketones is 2. The zero-order valence-electron chi connectivity index (χ0n) is 15.2. The summed E-state index contributed by atoms with van der Waals surface area (Å²) in [6.45, 7) is 1.72. The number of hydrogen-bond donors (Lipinski definition) is 2. The first-order valence-electron chi connectivity index (χ1n) is 9.12. The molecular formula is C22H26O4. The minimum absolute atomic E-state index is 0.106. The molecule has 0 fully saturated rings. The molecule has 0 saturated heterocycles. The van der Waals surface area contributed by atoms with E-state index in [2.05, 4.69) is 6.92 Å². The monoisotopic (exact) mass is 354 g/mol. The number of unbranched alkanes of at least 4 members (excludes halogenated alkanes) is 3. The summed E-state index contributed by atoms with van der Waals surface area (Å²) in [6.07, 6.45) is 4.79. The standard InChI is InChI=1S/C22H26O4/c1-2-3-4-5-6-21(25)16-7-9-17(10-8-16)22(26)18-11-12-19(14-23)20(13-18)15-24/h7-13,23-24H,2-6,14-15H2,1H3. The molecule has 0 radical (unpaired) electrons. The Kier molecular flexibility index (Phi) is 7.70. The molecule has 26 heavy (non-hydrogen) atoms. The average Bonchev–Trinajstić information content (AvgIpc) is 2.70. The van der Waals surface area contributed by atoms with Gasteiger partial charge in [-0.05, 0) is 23.6 Å². The number of carbonyl (C=O) groups excluding carboxylic acids is 2. The van der Waals surface area contributed by atoms with Gasteiger partial charge in [0.25, 0.3) is 0 Å². The third-order valence-corrected chi connectivity index (χ3v) is 4.54. The van der Waals surface area contributed by atoms with Crippen molar-refractivity contribution in [1.82, 2.24) is 0 Å². The predicted molar refractivity (Wildman–Crippen MR) is 101 cm³/mol. The Morgan fingerprint density at radius 3 is 2.00 bits per heavy atom. The maximum absolute atomic E-state index is 12.6. The van der Waals surface area contributed by atoms with E-state index in [1.165, 1.54) is 0 Å². The van der Waals surface area contributed by atoms with Crippen LogP contribution in [0.5, 0.6) is 0 Å². The molecule has 0 aliphatic carbocycles. The maximum Gasteiger partial charge on any atom is 0.193 e. The summed E-state index contributed by atoms with van der Waals surface area (Å²) in [5, 5.41) is 18.6. The van der Waals surface area contributed by atoms with Crippen molar-refractivity contribution in [3.05, 3.63) is 70.3 Å². The Hall–Kier alpha value is -2.30. The number of carbonyl (C=O) groups is 2. The lowest BCUT2D eigenvalue weighted by Gasteiger charge is -2.08. The molecule has 0 heterocycles. The first kappa shape index (κ1) is 20.0. The highest BCUT2D eigenvalue weighted by atomic mass is 16.3. The highest BCUT2D eigenvalue weighted by molar-refractivity contribution is 6.09. The molecule has 0 aromatic heterocycles. The number of aliphatic hydroxyl groups excluding tert-OH is 2. The van der Waals surface area contributed by atoms with Gasteiger partial charge in [-0.3, -0.25) is 9.59 Å². The van der Waals surface area contributed by atoms with Crippen molar-refractivity contribution in [3.63, 3.8) is 0 Å². The van der Waals surface area contributed by atoms with E-state index in [1.807, 2.05) is 0 Å². The molecule has 0 atom stereocenters. The largest absolute Gasteiger partial charge is 0.392 e. The van der Waals surface area contributed by atoms with Crippen molar-refractivity contribution in [2.75, 3.05) is 0 Å². The zero-order valence-corrected chi connectivity index (χ0v) is 15.2. The molecule has 4 heteroatoms. The van der Waals surface area contributed by atoms with Crippen molar-refractivity contribution in [2.45, 2.75) is 52.2 Å². The maximum atomic E-state index is 12.6. The molecule has 2 N–H and O–H groups in total. The first-order chi connectivity index (χ1) is 12.6. The number of hydrogen-bond acceptors (Lipinski definition) is 4. The number of aliphatic hydroxyl groups is 2. The van der Waals surface area contributed by atoms with Crippen molar-refractivity contribution >= 4 is 11.6 Å². The van der Waals surface area contributed by atoms with Crippen LogP contribution in [0, 0.1) is 0 Å². The predicted octanol–water partition coefficient (Wildman–Crippen LogP) is 4.06. The third kappa shape index (κ3) is 5.10. The van der Waals surface area contributed by atoms with Crippen molar-refractivity contribution < 1.29 is 19.8 Å². The van der Waals surface area contributed by atoms with Crippen LogP contribution < -0.4 is 0 Å². The van der Waals surface area contributed by atoms with Gasteiger partial charge < -0.3 is 10.2 Å². The van der Waals surface area contributed by atoms with Crippen molar-refractivity contribution in [1.29, 1.82) is 0 Å². The second-order valence-electron chi connectivity index (χ2n) is 6.44. The van der Waals surface area contributed by atoms with Crippen LogP contribution in [0.3, 0.4) is 0 Å². The van der Waals surface area contributed by atoms with Crippen LogP contribution in [0.4, 0.5) is 0 Å². The first-order valence-corrected chi connectivity index (χ1v) is 9.12. The van der Waals surface area contributed by atoms with Crippen LogP contribution in [0.2, 0.25) is 0 Å². The zero-order chi connectivity index (χ0) is 18.9. The molecule has 0 bridgehead atoms. The van der Waals surface area contributed by atoms with E-state index in [1.54, 1.807) is 42.5 Å². The van der Waals surface area contributed by atoms with Crippen LogP contribution in [0.25, 0.3) is 0 Å². The molecule has 0 saturated carbocycles. The molecule has 0 spiro atoms. The molecule has 0 aliphatic rings. The van der Waals surface area contributed by atoms with Crippen molar-refractivity contribution in [3.8, 4) is 0 Å². The topological polar surface area (TPSA) is 74.6 Å². The van der Waals surface area contributed by atoms with Gasteiger partial charge in [-0.2, -0.15) is 0 Å². The Morgan fingerprint density at radius 1 is 0.769 bits per heavy atom. The molecule has 0 unspecified atom stereocenters. The second kappa shape index (κ2) is 10.00. The molecular weight excluding hydrogens is 328 g/mol. The Balaban J connectivity index is 2.08. The summed E-state index contributed by atoms with van der Waals surface area (Å²) in [7, 11) is 0. The van der Waals surface area contributed by atoms with Crippen LogP contribution in [-0.4, -0.2) is 21.8 Å².